The van der Waals surface area contributed by atoms with Crippen LogP contribution in [0.4, 0.5) is 0 Å². The molecule has 0 bridgehead atoms. The van der Waals surface area contributed by atoms with Crippen molar-refractivity contribution in [1.29, 1.82) is 0 Å². The first-order valence-corrected chi connectivity index (χ1v) is 11.2. The lowest BCUT2D eigenvalue weighted by Crippen LogP contribution is -2.53. The molecule has 4 rings (SSSR count). The molecule has 3 aromatic rings. The molecule has 0 saturated carbocycles. The minimum Gasteiger partial charge on any atom is -0.396 e. The largest absolute Gasteiger partial charge is 0.396 e. The van der Waals surface area contributed by atoms with Crippen LogP contribution in [0.3, 0.4) is 0 Å². The average molecular weight is 408 g/mol. The SMILES string of the molecule is OCC[C@@H]1CN(Cc2cnc(-c3ccccc3)s2)CCN1CCc1ccccc1. The molecular weight excluding hydrogens is 378 g/mol. The van der Waals surface area contributed by atoms with E-state index in [2.05, 4.69) is 69.4 Å². The molecule has 1 aliphatic rings. The maximum atomic E-state index is 9.57. The van der Waals surface area contributed by atoms with E-state index in [1.165, 1.54) is 16.0 Å². The van der Waals surface area contributed by atoms with Crippen LogP contribution >= 0.6 is 11.3 Å². The highest BCUT2D eigenvalue weighted by atomic mass is 32.1. The Morgan fingerprint density at radius 1 is 1.00 bits per heavy atom. The van der Waals surface area contributed by atoms with Crippen molar-refractivity contribution in [2.45, 2.75) is 25.4 Å². The minimum atomic E-state index is 0.249. The molecule has 1 atom stereocenters. The average Bonchev–Trinajstić information content (AvgIpc) is 3.23. The summed E-state index contributed by atoms with van der Waals surface area (Å²) >= 11 is 1.79. The number of rotatable bonds is 8. The second-order valence-electron chi connectivity index (χ2n) is 7.67. The molecule has 0 spiro atoms. The van der Waals surface area contributed by atoms with E-state index in [9.17, 15) is 5.11 Å². The Morgan fingerprint density at radius 2 is 1.76 bits per heavy atom. The van der Waals surface area contributed by atoms with E-state index in [0.717, 1.165) is 50.6 Å². The minimum absolute atomic E-state index is 0.249. The lowest BCUT2D eigenvalue weighted by atomic mass is 10.1. The van der Waals surface area contributed by atoms with Crippen LogP contribution < -0.4 is 0 Å². The lowest BCUT2D eigenvalue weighted by molar-refractivity contribution is 0.0567. The molecule has 0 amide bonds. The molecule has 5 heteroatoms. The fourth-order valence-corrected chi connectivity index (χ4v) is 5.01. The van der Waals surface area contributed by atoms with Crippen molar-refractivity contribution in [3.05, 3.63) is 77.3 Å². The van der Waals surface area contributed by atoms with Gasteiger partial charge in [0.1, 0.15) is 5.01 Å². The predicted octanol–water partition coefficient (Wildman–Crippen LogP) is 3.92. The molecule has 1 fully saturated rings. The molecule has 1 aliphatic heterocycles. The number of thiazole rings is 1. The van der Waals surface area contributed by atoms with Gasteiger partial charge in [-0.2, -0.15) is 0 Å². The third-order valence-corrected chi connectivity index (χ3v) is 6.67. The molecule has 2 aromatic carbocycles. The van der Waals surface area contributed by atoms with Gasteiger partial charge in [-0.25, -0.2) is 4.98 Å². The second-order valence-corrected chi connectivity index (χ2v) is 8.79. The normalized spacial score (nSPS) is 18.2. The standard InChI is InChI=1S/C24H29N3OS/c28-16-12-22-18-26(14-15-27(22)13-11-20-7-3-1-4-8-20)19-23-17-25-24(29-23)21-9-5-2-6-10-21/h1-10,17,22,28H,11-16,18-19H2/t22-/m1/s1. The van der Waals surface area contributed by atoms with Crippen molar-refractivity contribution in [2.24, 2.45) is 0 Å². The summed E-state index contributed by atoms with van der Waals surface area (Å²) in [6, 6.07) is 21.5. The Kier molecular flexibility index (Phi) is 7.06. The summed E-state index contributed by atoms with van der Waals surface area (Å²) in [5.41, 5.74) is 2.57. The first-order valence-electron chi connectivity index (χ1n) is 10.4. The molecular formula is C24H29N3OS. The van der Waals surface area contributed by atoms with Crippen molar-refractivity contribution in [2.75, 3.05) is 32.8 Å². The predicted molar refractivity (Wildman–Crippen MR) is 120 cm³/mol. The topological polar surface area (TPSA) is 39.6 Å². The maximum Gasteiger partial charge on any atom is 0.123 e. The molecule has 0 aliphatic carbocycles. The molecule has 1 N–H and O–H groups in total. The molecule has 1 aromatic heterocycles. The Labute approximate surface area is 177 Å². The first-order chi connectivity index (χ1) is 14.3. The fraction of sp³-hybridized carbons (Fsp3) is 0.375. The number of hydrogen-bond donors (Lipinski definition) is 1. The van der Waals surface area contributed by atoms with Gasteiger partial charge < -0.3 is 5.11 Å². The number of nitrogens with zero attached hydrogens (tertiary/aromatic N) is 3. The van der Waals surface area contributed by atoms with Crippen LogP contribution in [0.25, 0.3) is 10.6 Å². The summed E-state index contributed by atoms with van der Waals surface area (Å²) in [6.45, 7) is 5.38. The van der Waals surface area contributed by atoms with Gasteiger partial charge in [0.2, 0.25) is 0 Å². The first kappa shape index (κ1) is 20.2. The van der Waals surface area contributed by atoms with Crippen LogP contribution in [0.2, 0.25) is 0 Å². The Hall–Kier alpha value is -2.05. The molecule has 0 radical (unpaired) electrons. The monoisotopic (exact) mass is 407 g/mol. The summed E-state index contributed by atoms with van der Waals surface area (Å²) < 4.78 is 0. The molecule has 152 valence electrons. The number of aliphatic hydroxyl groups excluding tert-OH is 1. The van der Waals surface area contributed by atoms with Gasteiger partial charge in [-0.3, -0.25) is 9.80 Å². The molecule has 2 heterocycles. The van der Waals surface area contributed by atoms with E-state index in [-0.39, 0.29) is 6.61 Å². The zero-order valence-electron chi connectivity index (χ0n) is 16.8. The van der Waals surface area contributed by atoms with Crippen molar-refractivity contribution < 1.29 is 5.11 Å². The van der Waals surface area contributed by atoms with E-state index in [4.69, 9.17) is 0 Å². The van der Waals surface area contributed by atoms with Crippen LogP contribution in [-0.2, 0) is 13.0 Å². The highest BCUT2D eigenvalue weighted by molar-refractivity contribution is 7.15. The van der Waals surface area contributed by atoms with Gasteiger partial charge in [-0.1, -0.05) is 60.7 Å². The lowest BCUT2D eigenvalue weighted by Gasteiger charge is -2.41. The van der Waals surface area contributed by atoms with E-state index >= 15 is 0 Å². The van der Waals surface area contributed by atoms with Crippen molar-refractivity contribution >= 4 is 11.3 Å². The van der Waals surface area contributed by atoms with Crippen LogP contribution in [0.15, 0.2) is 66.9 Å². The molecule has 1 saturated heterocycles. The molecule has 4 nitrogen and oxygen atoms in total. The number of hydrogen-bond acceptors (Lipinski definition) is 5. The zero-order chi connectivity index (χ0) is 19.9. The van der Waals surface area contributed by atoms with Gasteiger partial charge in [0.25, 0.3) is 0 Å². The summed E-state index contributed by atoms with van der Waals surface area (Å²) in [4.78, 5) is 11.0. The molecule has 29 heavy (non-hydrogen) atoms. The van der Waals surface area contributed by atoms with Gasteiger partial charge >= 0.3 is 0 Å². The smallest absolute Gasteiger partial charge is 0.123 e. The number of aliphatic hydroxyl groups is 1. The number of piperazine rings is 1. The van der Waals surface area contributed by atoms with Gasteiger partial charge in [-0.05, 0) is 18.4 Å². The summed E-state index contributed by atoms with van der Waals surface area (Å²) in [5, 5.41) is 10.7. The third kappa shape index (κ3) is 5.52. The third-order valence-electron chi connectivity index (χ3n) is 5.64. The Morgan fingerprint density at radius 3 is 2.52 bits per heavy atom. The van der Waals surface area contributed by atoms with Gasteiger partial charge in [0.05, 0.1) is 0 Å². The van der Waals surface area contributed by atoms with Gasteiger partial charge in [0.15, 0.2) is 0 Å². The van der Waals surface area contributed by atoms with Crippen molar-refractivity contribution in [3.8, 4) is 10.6 Å². The van der Waals surface area contributed by atoms with Crippen LogP contribution in [0.5, 0.6) is 0 Å². The van der Waals surface area contributed by atoms with E-state index in [0.29, 0.717) is 6.04 Å². The quantitative estimate of drug-likeness (QED) is 0.614. The fourth-order valence-electron chi connectivity index (χ4n) is 4.05. The van der Waals surface area contributed by atoms with Crippen molar-refractivity contribution in [3.63, 3.8) is 0 Å². The van der Waals surface area contributed by atoms with E-state index in [1.54, 1.807) is 11.3 Å². The summed E-state index contributed by atoms with van der Waals surface area (Å²) in [5.74, 6) is 0. The Bertz CT molecular complexity index is 868. The van der Waals surface area contributed by atoms with Crippen LogP contribution in [0, 0.1) is 0 Å². The Balaban J connectivity index is 1.34. The van der Waals surface area contributed by atoms with Crippen LogP contribution in [0.1, 0.15) is 16.9 Å². The van der Waals surface area contributed by atoms with E-state index in [1.807, 2.05) is 12.3 Å². The zero-order valence-corrected chi connectivity index (χ0v) is 17.6. The van der Waals surface area contributed by atoms with Gasteiger partial charge in [0, 0.05) is 62.0 Å². The van der Waals surface area contributed by atoms with Crippen molar-refractivity contribution in [1.82, 2.24) is 14.8 Å². The number of aromatic nitrogens is 1. The van der Waals surface area contributed by atoms with E-state index < -0.39 is 0 Å². The number of benzene rings is 2. The summed E-state index contributed by atoms with van der Waals surface area (Å²) in [7, 11) is 0. The summed E-state index contributed by atoms with van der Waals surface area (Å²) in [6.07, 6.45) is 3.93. The highest BCUT2D eigenvalue weighted by Crippen LogP contribution is 2.26. The maximum absolute atomic E-state index is 9.57. The second kappa shape index (κ2) is 10.1. The highest BCUT2D eigenvalue weighted by Gasteiger charge is 2.26. The van der Waals surface area contributed by atoms with Crippen LogP contribution in [-0.4, -0.2) is 58.7 Å². The van der Waals surface area contributed by atoms with Gasteiger partial charge in [-0.15, -0.1) is 11.3 Å². The molecule has 0 unspecified atom stereocenters.